The van der Waals surface area contributed by atoms with Gasteiger partial charge in [-0.1, -0.05) is 11.6 Å². The van der Waals surface area contributed by atoms with Gasteiger partial charge in [0, 0.05) is 31.6 Å². The fourth-order valence-electron chi connectivity index (χ4n) is 5.01. The van der Waals surface area contributed by atoms with Gasteiger partial charge in [0.1, 0.15) is 22.0 Å². The summed E-state index contributed by atoms with van der Waals surface area (Å²) >= 11 is 9.82. The Bertz CT molecular complexity index is 1150. The van der Waals surface area contributed by atoms with E-state index in [0.29, 0.717) is 44.9 Å². The Morgan fingerprint density at radius 3 is 2.65 bits per heavy atom. The standard InChI is InChI=1S/C23H31BrClN7O2/c1-23(2,3)34-22(33)32-8-11-6-15(32)17(11)28-19-16(26)21(31-9-12(10-31)30(4)5)27-14-7-13(24)20(25)29-18(14)19/h7,11-12,15,17H,6,8-10,26H2,1-5H3,(H,27,28). The normalized spacial score (nSPS) is 24.4. The number of anilines is 3. The van der Waals surface area contributed by atoms with Crippen LogP contribution in [0.15, 0.2) is 10.5 Å². The lowest BCUT2D eigenvalue weighted by atomic mass is 9.80. The molecule has 0 aromatic carbocycles. The second kappa shape index (κ2) is 8.27. The van der Waals surface area contributed by atoms with Gasteiger partial charge >= 0.3 is 6.09 Å². The molecule has 6 rings (SSSR count). The highest BCUT2D eigenvalue weighted by atomic mass is 79.9. The van der Waals surface area contributed by atoms with Crippen molar-refractivity contribution in [2.24, 2.45) is 5.92 Å². The van der Waals surface area contributed by atoms with E-state index in [2.05, 4.69) is 50.1 Å². The summed E-state index contributed by atoms with van der Waals surface area (Å²) in [7, 11) is 4.16. The van der Waals surface area contributed by atoms with Gasteiger partial charge in [0.25, 0.3) is 0 Å². The van der Waals surface area contributed by atoms with Gasteiger partial charge in [0.2, 0.25) is 0 Å². The Morgan fingerprint density at radius 1 is 1.29 bits per heavy atom. The van der Waals surface area contributed by atoms with Crippen LogP contribution < -0.4 is 16.0 Å². The number of carbonyl (C=O) groups is 1. The second-order valence-corrected chi connectivity index (χ2v) is 12.0. The summed E-state index contributed by atoms with van der Waals surface area (Å²) in [5.41, 5.74) is 8.82. The number of nitrogens with zero attached hydrogens (tertiary/aromatic N) is 5. The summed E-state index contributed by atoms with van der Waals surface area (Å²) in [6, 6.07) is 2.47. The van der Waals surface area contributed by atoms with Gasteiger partial charge in [-0.25, -0.2) is 14.8 Å². The lowest BCUT2D eigenvalue weighted by molar-refractivity contribution is 0.0239. The van der Waals surface area contributed by atoms with E-state index in [0.717, 1.165) is 31.0 Å². The molecular weight excluding hydrogens is 522 g/mol. The summed E-state index contributed by atoms with van der Waals surface area (Å²) in [5, 5.41) is 3.99. The summed E-state index contributed by atoms with van der Waals surface area (Å²) in [4.78, 5) is 28.4. The quantitative estimate of drug-likeness (QED) is 0.553. The number of hydrogen-bond donors (Lipinski definition) is 2. The largest absolute Gasteiger partial charge is 0.444 e. The molecule has 34 heavy (non-hydrogen) atoms. The molecule has 0 radical (unpaired) electrons. The zero-order chi connectivity index (χ0) is 24.5. The number of halogens is 2. The van der Waals surface area contributed by atoms with E-state index in [1.165, 1.54) is 0 Å². The Hall–Kier alpha value is -2.04. The Labute approximate surface area is 213 Å². The van der Waals surface area contributed by atoms with E-state index < -0.39 is 5.60 Å². The first-order chi connectivity index (χ1) is 15.9. The Balaban J connectivity index is 1.46. The fraction of sp³-hybridized carbons (Fsp3) is 0.609. The van der Waals surface area contributed by atoms with Crippen LogP contribution in [-0.4, -0.2) is 83.3 Å². The third-order valence-electron chi connectivity index (χ3n) is 7.02. The number of nitrogen functional groups attached to an aromatic ring is 1. The molecule has 3 unspecified atom stereocenters. The first-order valence-electron chi connectivity index (χ1n) is 11.6. The number of rotatable bonds is 4. The molecule has 1 saturated carbocycles. The predicted molar refractivity (Wildman–Crippen MR) is 139 cm³/mol. The van der Waals surface area contributed by atoms with Gasteiger partial charge in [0.05, 0.1) is 27.8 Å². The highest BCUT2D eigenvalue weighted by molar-refractivity contribution is 9.10. The summed E-state index contributed by atoms with van der Waals surface area (Å²) in [6.07, 6.45) is 0.682. The van der Waals surface area contributed by atoms with E-state index in [-0.39, 0.29) is 18.2 Å². The molecule has 2 aromatic heterocycles. The maximum atomic E-state index is 12.7. The van der Waals surface area contributed by atoms with Crippen LogP contribution >= 0.6 is 27.5 Å². The molecule has 2 bridgehead atoms. The molecule has 184 valence electrons. The first-order valence-corrected chi connectivity index (χ1v) is 12.7. The molecule has 11 heteroatoms. The van der Waals surface area contributed by atoms with Crippen LogP contribution in [0.1, 0.15) is 27.2 Å². The van der Waals surface area contributed by atoms with Crippen molar-refractivity contribution >= 4 is 61.9 Å². The number of pyridine rings is 2. The van der Waals surface area contributed by atoms with Gasteiger partial charge in [-0.3, -0.25) is 0 Å². The van der Waals surface area contributed by atoms with Crippen molar-refractivity contribution in [1.29, 1.82) is 0 Å². The molecule has 2 aromatic rings. The molecule has 5 heterocycles. The predicted octanol–water partition coefficient (Wildman–Crippen LogP) is 3.80. The summed E-state index contributed by atoms with van der Waals surface area (Å²) in [6.45, 7) is 8.05. The van der Waals surface area contributed by atoms with Crippen LogP contribution in [0.4, 0.5) is 22.0 Å². The number of carbonyl (C=O) groups excluding carboxylic acids is 1. The minimum atomic E-state index is -0.524. The molecule has 1 aliphatic carbocycles. The van der Waals surface area contributed by atoms with Gasteiger partial charge < -0.3 is 30.5 Å². The summed E-state index contributed by atoms with van der Waals surface area (Å²) in [5.74, 6) is 1.08. The smallest absolute Gasteiger partial charge is 0.410 e. The third kappa shape index (κ3) is 4.03. The van der Waals surface area contributed by atoms with E-state index >= 15 is 0 Å². The van der Waals surface area contributed by atoms with Crippen molar-refractivity contribution in [2.75, 3.05) is 49.7 Å². The monoisotopic (exact) mass is 551 g/mol. The molecule has 3 saturated heterocycles. The van der Waals surface area contributed by atoms with Crippen LogP contribution in [0.3, 0.4) is 0 Å². The van der Waals surface area contributed by atoms with Crippen molar-refractivity contribution in [2.45, 2.75) is 50.9 Å². The number of nitrogens with one attached hydrogen (secondary N) is 1. The van der Waals surface area contributed by atoms with Crippen molar-refractivity contribution in [3.05, 3.63) is 15.7 Å². The zero-order valence-electron chi connectivity index (χ0n) is 20.1. The van der Waals surface area contributed by atoms with Gasteiger partial charge in [-0.15, -0.1) is 0 Å². The maximum Gasteiger partial charge on any atom is 0.410 e. The molecule has 3 atom stereocenters. The average Bonchev–Trinajstić information content (AvgIpc) is 3.27. The highest BCUT2D eigenvalue weighted by Gasteiger charge is 2.55. The lowest BCUT2D eigenvalue weighted by Gasteiger charge is -2.44. The molecule has 4 aliphatic rings. The molecule has 9 nitrogen and oxygen atoms in total. The van der Waals surface area contributed by atoms with E-state index in [1.807, 2.05) is 31.7 Å². The van der Waals surface area contributed by atoms with Crippen molar-refractivity contribution in [3.8, 4) is 0 Å². The SMILES string of the molecule is CN(C)C1CN(c2nc3cc(Br)c(Cl)nc3c(NC3C4CC3N(C(=O)OC(C)(C)C)C4)c2N)C1. The van der Waals surface area contributed by atoms with Gasteiger partial charge in [-0.2, -0.15) is 0 Å². The minimum Gasteiger partial charge on any atom is -0.444 e. The lowest BCUT2D eigenvalue weighted by Crippen LogP contribution is -2.58. The number of ether oxygens (including phenoxy) is 1. The van der Waals surface area contributed by atoms with Crippen LogP contribution in [-0.2, 0) is 4.74 Å². The topological polar surface area (TPSA) is 99.9 Å². The maximum absolute atomic E-state index is 12.7. The Morgan fingerprint density at radius 2 is 2.00 bits per heavy atom. The Kier molecular flexibility index (Phi) is 5.76. The van der Waals surface area contributed by atoms with E-state index in [1.54, 1.807) is 0 Å². The molecule has 1 amide bonds. The number of hydrogen-bond acceptors (Lipinski definition) is 8. The van der Waals surface area contributed by atoms with Crippen molar-refractivity contribution in [3.63, 3.8) is 0 Å². The number of likely N-dealkylation sites (N-methyl/N-ethyl adjacent to an activating group) is 1. The van der Waals surface area contributed by atoms with Crippen molar-refractivity contribution < 1.29 is 9.53 Å². The number of aromatic nitrogens is 2. The molecule has 3 N–H and O–H groups in total. The van der Waals surface area contributed by atoms with Gasteiger partial charge in [0.15, 0.2) is 5.82 Å². The van der Waals surface area contributed by atoms with E-state index in [9.17, 15) is 4.79 Å². The van der Waals surface area contributed by atoms with Crippen LogP contribution in [0.2, 0.25) is 5.15 Å². The number of amides is 1. The second-order valence-electron chi connectivity index (χ2n) is 10.7. The first kappa shape index (κ1) is 23.7. The number of fused-ring (bicyclic) bond motifs is 2. The van der Waals surface area contributed by atoms with Crippen LogP contribution in [0, 0.1) is 5.92 Å². The van der Waals surface area contributed by atoms with E-state index in [4.69, 9.17) is 27.1 Å². The molecular formula is C23H31BrClN7O2. The molecule has 3 aliphatic heterocycles. The minimum absolute atomic E-state index is 0.0546. The van der Waals surface area contributed by atoms with Crippen LogP contribution in [0.25, 0.3) is 11.0 Å². The number of nitrogens with two attached hydrogens (primary N) is 1. The zero-order valence-corrected chi connectivity index (χ0v) is 22.4. The average molecular weight is 553 g/mol. The van der Waals surface area contributed by atoms with Gasteiger partial charge in [-0.05, 0) is 63.3 Å². The third-order valence-corrected chi connectivity index (χ3v) is 8.14. The fourth-order valence-corrected chi connectivity index (χ4v) is 5.46. The van der Waals surface area contributed by atoms with Crippen molar-refractivity contribution in [1.82, 2.24) is 19.8 Å². The summed E-state index contributed by atoms with van der Waals surface area (Å²) < 4.78 is 6.31. The highest BCUT2D eigenvalue weighted by Crippen LogP contribution is 2.46. The molecule has 0 spiro atoms. The van der Waals surface area contributed by atoms with Crippen LogP contribution in [0.5, 0.6) is 0 Å². The molecule has 4 fully saturated rings.